The Hall–Kier alpha value is -3.30. The average molecular weight is 377 g/mol. The predicted molar refractivity (Wildman–Crippen MR) is 91.8 cm³/mol. The van der Waals surface area contributed by atoms with Crippen molar-refractivity contribution >= 4 is 28.6 Å². The SMILES string of the molecule is COc1ccccc1C(=O)n1nc(N)c2cc(F)c(N3CC(F)(F)C3)nc21. The van der Waals surface area contributed by atoms with E-state index in [-0.39, 0.29) is 28.2 Å². The summed E-state index contributed by atoms with van der Waals surface area (Å²) in [7, 11) is 1.41. The molecule has 0 aliphatic carbocycles. The van der Waals surface area contributed by atoms with Crippen molar-refractivity contribution in [3.8, 4) is 5.75 Å². The molecule has 7 nitrogen and oxygen atoms in total. The number of nitrogens with zero attached hydrogens (tertiary/aromatic N) is 4. The minimum Gasteiger partial charge on any atom is -0.496 e. The Morgan fingerprint density at radius 2 is 2.00 bits per heavy atom. The van der Waals surface area contributed by atoms with Crippen LogP contribution < -0.4 is 15.4 Å². The summed E-state index contributed by atoms with van der Waals surface area (Å²) in [6, 6.07) is 7.52. The average Bonchev–Trinajstić information content (AvgIpc) is 2.94. The third-order valence-corrected chi connectivity index (χ3v) is 4.30. The molecular formula is C17H14F3N5O2. The van der Waals surface area contributed by atoms with Crippen molar-refractivity contribution in [3.63, 3.8) is 0 Å². The number of hydrogen-bond acceptors (Lipinski definition) is 6. The second kappa shape index (κ2) is 5.86. The van der Waals surface area contributed by atoms with Gasteiger partial charge in [0.25, 0.3) is 11.8 Å². The van der Waals surface area contributed by atoms with E-state index >= 15 is 0 Å². The molecule has 140 valence electrons. The number of hydrogen-bond donors (Lipinski definition) is 1. The Balaban J connectivity index is 1.83. The van der Waals surface area contributed by atoms with Gasteiger partial charge in [-0.05, 0) is 18.2 Å². The van der Waals surface area contributed by atoms with Crippen LogP contribution in [-0.4, -0.2) is 46.8 Å². The number of rotatable bonds is 3. The minimum absolute atomic E-state index is 0.0185. The number of aromatic nitrogens is 3. The molecule has 2 N–H and O–H groups in total. The molecule has 0 spiro atoms. The quantitative estimate of drug-likeness (QED) is 0.754. The summed E-state index contributed by atoms with van der Waals surface area (Å²) in [6.45, 7) is -1.29. The normalized spacial score (nSPS) is 15.6. The van der Waals surface area contributed by atoms with Crippen LogP contribution in [-0.2, 0) is 0 Å². The number of nitrogens with two attached hydrogens (primary N) is 1. The van der Waals surface area contributed by atoms with Gasteiger partial charge in [-0.25, -0.2) is 18.2 Å². The van der Waals surface area contributed by atoms with Gasteiger partial charge in [-0.3, -0.25) is 4.79 Å². The van der Waals surface area contributed by atoms with E-state index in [1.807, 2.05) is 0 Å². The number of para-hydroxylation sites is 1. The zero-order chi connectivity index (χ0) is 19.3. The number of benzene rings is 1. The van der Waals surface area contributed by atoms with Gasteiger partial charge in [-0.15, -0.1) is 5.10 Å². The van der Waals surface area contributed by atoms with Crippen LogP contribution in [0.2, 0.25) is 0 Å². The second-order valence-electron chi connectivity index (χ2n) is 6.18. The highest BCUT2D eigenvalue weighted by Gasteiger charge is 2.45. The van der Waals surface area contributed by atoms with Gasteiger partial charge in [0.15, 0.2) is 23.1 Å². The molecule has 1 aromatic carbocycles. The molecule has 1 fully saturated rings. The molecule has 27 heavy (non-hydrogen) atoms. The number of carbonyl (C=O) groups excluding carboxylic acids is 1. The van der Waals surface area contributed by atoms with Gasteiger partial charge in [-0.1, -0.05) is 12.1 Å². The Labute approximate surface area is 151 Å². The molecule has 0 amide bonds. The summed E-state index contributed by atoms with van der Waals surface area (Å²) in [4.78, 5) is 18.1. The summed E-state index contributed by atoms with van der Waals surface area (Å²) in [5, 5.41) is 4.07. The van der Waals surface area contributed by atoms with E-state index in [1.165, 1.54) is 13.2 Å². The molecule has 0 atom stereocenters. The van der Waals surface area contributed by atoms with Crippen LogP contribution in [0.25, 0.3) is 11.0 Å². The maximum atomic E-state index is 14.3. The molecule has 4 rings (SSSR count). The molecule has 0 bridgehead atoms. The lowest BCUT2D eigenvalue weighted by Gasteiger charge is -2.39. The zero-order valence-electron chi connectivity index (χ0n) is 14.1. The number of nitrogen functional groups attached to an aromatic ring is 1. The van der Waals surface area contributed by atoms with Gasteiger partial charge >= 0.3 is 0 Å². The number of alkyl halides is 2. The Morgan fingerprint density at radius 3 is 2.67 bits per heavy atom. The molecule has 1 saturated heterocycles. The summed E-state index contributed by atoms with van der Waals surface area (Å²) in [5.41, 5.74) is 5.98. The molecule has 3 aromatic rings. The maximum Gasteiger partial charge on any atom is 0.283 e. The fourth-order valence-electron chi connectivity index (χ4n) is 2.99. The molecule has 0 saturated carbocycles. The zero-order valence-corrected chi connectivity index (χ0v) is 14.1. The van der Waals surface area contributed by atoms with Crippen molar-refractivity contribution in [3.05, 3.63) is 41.7 Å². The van der Waals surface area contributed by atoms with Crippen LogP contribution in [0, 0.1) is 5.82 Å². The summed E-state index contributed by atoms with van der Waals surface area (Å²) in [5.74, 6) is -4.35. The monoisotopic (exact) mass is 377 g/mol. The maximum absolute atomic E-state index is 14.3. The van der Waals surface area contributed by atoms with Gasteiger partial charge in [0.05, 0.1) is 31.1 Å². The third-order valence-electron chi connectivity index (χ3n) is 4.30. The fraction of sp³-hybridized carbons (Fsp3) is 0.235. The van der Waals surface area contributed by atoms with Crippen molar-refractivity contribution in [1.29, 1.82) is 0 Å². The summed E-state index contributed by atoms with van der Waals surface area (Å²) >= 11 is 0. The van der Waals surface area contributed by atoms with Crippen LogP contribution in [0.3, 0.4) is 0 Å². The fourth-order valence-corrected chi connectivity index (χ4v) is 2.99. The van der Waals surface area contributed by atoms with E-state index in [0.29, 0.717) is 5.75 Å². The Morgan fingerprint density at radius 1 is 1.30 bits per heavy atom. The van der Waals surface area contributed by atoms with Gasteiger partial charge < -0.3 is 15.4 Å². The second-order valence-corrected chi connectivity index (χ2v) is 6.18. The number of ether oxygens (including phenoxy) is 1. The van der Waals surface area contributed by atoms with E-state index in [4.69, 9.17) is 10.5 Å². The smallest absolute Gasteiger partial charge is 0.283 e. The van der Waals surface area contributed by atoms with Crippen molar-refractivity contribution in [2.24, 2.45) is 0 Å². The number of halogens is 3. The van der Waals surface area contributed by atoms with Crippen molar-refractivity contribution in [2.45, 2.75) is 5.92 Å². The Kier molecular flexibility index (Phi) is 3.72. The predicted octanol–water partition coefficient (Wildman–Crippen LogP) is 2.31. The molecule has 1 aliphatic heterocycles. The van der Waals surface area contributed by atoms with E-state index in [1.54, 1.807) is 18.2 Å². The van der Waals surface area contributed by atoms with Crippen LogP contribution >= 0.6 is 0 Å². The highest BCUT2D eigenvalue weighted by atomic mass is 19.3. The third kappa shape index (κ3) is 2.73. The lowest BCUT2D eigenvalue weighted by molar-refractivity contribution is -0.0270. The summed E-state index contributed by atoms with van der Waals surface area (Å²) in [6.07, 6.45) is 0. The molecule has 0 unspecified atom stereocenters. The number of anilines is 2. The highest BCUT2D eigenvalue weighted by molar-refractivity contribution is 6.04. The first-order valence-electron chi connectivity index (χ1n) is 7.96. The Bertz CT molecular complexity index is 1060. The number of methoxy groups -OCH3 is 1. The molecule has 2 aromatic heterocycles. The summed E-state index contributed by atoms with van der Waals surface area (Å²) < 4.78 is 46.7. The van der Waals surface area contributed by atoms with Gasteiger partial charge in [-0.2, -0.15) is 4.68 Å². The molecule has 3 heterocycles. The van der Waals surface area contributed by atoms with Gasteiger partial charge in [0.2, 0.25) is 0 Å². The lowest BCUT2D eigenvalue weighted by atomic mass is 10.1. The van der Waals surface area contributed by atoms with E-state index in [0.717, 1.165) is 15.6 Å². The molecule has 1 aliphatic rings. The molecule has 0 radical (unpaired) electrons. The van der Waals surface area contributed by atoms with E-state index in [9.17, 15) is 18.0 Å². The van der Waals surface area contributed by atoms with E-state index < -0.39 is 30.7 Å². The van der Waals surface area contributed by atoms with Crippen LogP contribution in [0.15, 0.2) is 30.3 Å². The van der Waals surface area contributed by atoms with Gasteiger partial charge in [0, 0.05) is 0 Å². The van der Waals surface area contributed by atoms with Crippen molar-refractivity contribution < 1.29 is 22.7 Å². The van der Waals surface area contributed by atoms with Crippen LogP contribution in [0.4, 0.5) is 24.8 Å². The van der Waals surface area contributed by atoms with Crippen molar-refractivity contribution in [1.82, 2.24) is 14.8 Å². The largest absolute Gasteiger partial charge is 0.496 e. The highest BCUT2D eigenvalue weighted by Crippen LogP contribution is 2.34. The number of carbonyl (C=O) groups is 1. The first-order valence-corrected chi connectivity index (χ1v) is 7.96. The first kappa shape index (κ1) is 17.1. The van der Waals surface area contributed by atoms with E-state index in [2.05, 4.69) is 10.1 Å². The topological polar surface area (TPSA) is 86.3 Å². The molecular weight excluding hydrogens is 363 g/mol. The molecule has 10 heteroatoms. The van der Waals surface area contributed by atoms with Crippen LogP contribution in [0.5, 0.6) is 5.75 Å². The van der Waals surface area contributed by atoms with Gasteiger partial charge in [0.1, 0.15) is 5.75 Å². The minimum atomic E-state index is -2.89. The number of fused-ring (bicyclic) bond motifs is 1. The standard InChI is InChI=1S/C17H14F3N5O2/c1-27-12-5-3-2-4-9(12)16(26)25-14-10(13(21)23-25)6-11(18)15(22-14)24-7-17(19,20)8-24/h2-6H,7-8H2,1H3,(H2,21,23). The van der Waals surface area contributed by atoms with Crippen molar-refractivity contribution in [2.75, 3.05) is 30.8 Å². The first-order chi connectivity index (χ1) is 12.8. The van der Waals surface area contributed by atoms with Crippen LogP contribution in [0.1, 0.15) is 10.4 Å². The number of pyridine rings is 1. The lowest BCUT2D eigenvalue weighted by Crippen LogP contribution is -2.57.